The van der Waals surface area contributed by atoms with Gasteiger partial charge in [0.25, 0.3) is 0 Å². The van der Waals surface area contributed by atoms with Crippen molar-refractivity contribution in [3.8, 4) is 0 Å². The summed E-state index contributed by atoms with van der Waals surface area (Å²) in [5.74, 6) is 0.188. The van der Waals surface area contributed by atoms with Gasteiger partial charge in [0, 0.05) is 18.7 Å². The van der Waals surface area contributed by atoms with E-state index in [0.29, 0.717) is 46.8 Å². The molecule has 2 heterocycles. The third-order valence-corrected chi connectivity index (χ3v) is 7.14. The molecule has 32 heavy (non-hydrogen) atoms. The van der Waals surface area contributed by atoms with Crippen molar-refractivity contribution in [1.29, 1.82) is 0 Å². The zero-order valence-corrected chi connectivity index (χ0v) is 20.0. The quantitative estimate of drug-likeness (QED) is 0.501. The van der Waals surface area contributed by atoms with Gasteiger partial charge >= 0.3 is 0 Å². The molecule has 4 rings (SSSR count). The Morgan fingerprint density at radius 3 is 2.50 bits per heavy atom. The molecule has 168 valence electrons. The van der Waals surface area contributed by atoms with Crippen LogP contribution in [0.4, 0.5) is 10.3 Å². The minimum Gasteiger partial charge on any atom is -0.439 e. The Kier molecular flexibility index (Phi) is 5.57. The molecule has 7 heteroatoms. The SMILES string of the molecule is CC(=NS(=O)C(C)(C)C)c1cc(C)cc2c(=O)c(C)c(N3Cc4ccc(F)cc4C3)oc12. The Labute approximate surface area is 189 Å². The van der Waals surface area contributed by atoms with E-state index in [1.54, 1.807) is 19.9 Å². The molecule has 5 nitrogen and oxygen atoms in total. The van der Waals surface area contributed by atoms with Gasteiger partial charge in [-0.1, -0.05) is 6.07 Å². The van der Waals surface area contributed by atoms with E-state index in [9.17, 15) is 13.4 Å². The maximum atomic E-state index is 13.7. The number of hydrogen-bond donors (Lipinski definition) is 0. The molecule has 0 aliphatic carbocycles. The number of rotatable bonds is 3. The zero-order chi connectivity index (χ0) is 23.4. The Balaban J connectivity index is 1.88. The fourth-order valence-corrected chi connectivity index (χ4v) is 4.53. The van der Waals surface area contributed by atoms with Crippen molar-refractivity contribution in [2.45, 2.75) is 59.4 Å². The third kappa shape index (κ3) is 4.01. The molecule has 0 N–H and O–H groups in total. The topological polar surface area (TPSA) is 62.9 Å². The second kappa shape index (κ2) is 7.96. The van der Waals surface area contributed by atoms with Crippen LogP contribution in [0.5, 0.6) is 0 Å². The number of halogens is 1. The van der Waals surface area contributed by atoms with Gasteiger partial charge in [-0.3, -0.25) is 4.79 Å². The molecule has 3 aromatic rings. The summed E-state index contributed by atoms with van der Waals surface area (Å²) in [5, 5.41) is 0.472. The molecule has 0 radical (unpaired) electrons. The van der Waals surface area contributed by atoms with Crippen molar-refractivity contribution in [1.82, 2.24) is 0 Å². The van der Waals surface area contributed by atoms with E-state index in [0.717, 1.165) is 16.7 Å². The van der Waals surface area contributed by atoms with Crippen molar-refractivity contribution < 1.29 is 13.0 Å². The highest BCUT2D eigenvalue weighted by atomic mass is 32.2. The number of anilines is 1. The average Bonchev–Trinajstić information content (AvgIpc) is 3.12. The normalized spacial score (nSPS) is 15.3. The van der Waals surface area contributed by atoms with Crippen LogP contribution in [0.15, 0.2) is 43.9 Å². The summed E-state index contributed by atoms with van der Waals surface area (Å²) >= 11 is 0. The molecule has 0 spiro atoms. The van der Waals surface area contributed by atoms with E-state index < -0.39 is 15.7 Å². The van der Waals surface area contributed by atoms with Gasteiger partial charge in [-0.2, -0.15) is 4.40 Å². The summed E-state index contributed by atoms with van der Waals surface area (Å²) in [5.41, 5.74) is 4.82. The first-order valence-electron chi connectivity index (χ1n) is 10.5. The summed E-state index contributed by atoms with van der Waals surface area (Å²) < 4.78 is 36.5. The van der Waals surface area contributed by atoms with Crippen LogP contribution in [0.25, 0.3) is 11.0 Å². The lowest BCUT2D eigenvalue weighted by Gasteiger charge is -2.20. The van der Waals surface area contributed by atoms with E-state index in [1.165, 1.54) is 12.1 Å². The fraction of sp³-hybridized carbons (Fsp3) is 0.360. The lowest BCUT2D eigenvalue weighted by atomic mass is 10.0. The average molecular weight is 455 g/mol. The van der Waals surface area contributed by atoms with Crippen LogP contribution in [0.1, 0.15) is 55.5 Å². The molecule has 1 unspecified atom stereocenters. The Morgan fingerprint density at radius 2 is 1.81 bits per heavy atom. The van der Waals surface area contributed by atoms with Gasteiger partial charge in [0.15, 0.2) is 5.43 Å². The summed E-state index contributed by atoms with van der Waals surface area (Å²) in [4.78, 5) is 15.2. The second-order valence-corrected chi connectivity index (χ2v) is 11.3. The number of fused-ring (bicyclic) bond motifs is 2. The van der Waals surface area contributed by atoms with Crippen LogP contribution in [0, 0.1) is 19.7 Å². The maximum Gasteiger partial charge on any atom is 0.203 e. The van der Waals surface area contributed by atoms with Crippen LogP contribution < -0.4 is 10.3 Å². The molecule has 0 bridgehead atoms. The largest absolute Gasteiger partial charge is 0.439 e. The lowest BCUT2D eigenvalue weighted by molar-refractivity contribution is 0.570. The molecule has 0 amide bonds. The first-order chi connectivity index (χ1) is 15.0. The highest BCUT2D eigenvalue weighted by Gasteiger charge is 2.26. The molecule has 2 aromatic carbocycles. The van der Waals surface area contributed by atoms with Crippen LogP contribution in [0.2, 0.25) is 0 Å². The molecule has 0 saturated carbocycles. The van der Waals surface area contributed by atoms with Gasteiger partial charge < -0.3 is 9.32 Å². The third-order valence-electron chi connectivity index (χ3n) is 5.65. The smallest absolute Gasteiger partial charge is 0.203 e. The van der Waals surface area contributed by atoms with Gasteiger partial charge in [-0.15, -0.1) is 0 Å². The van der Waals surface area contributed by atoms with Crippen molar-refractivity contribution in [3.63, 3.8) is 0 Å². The molecular weight excluding hydrogens is 427 g/mol. The Bertz CT molecular complexity index is 1350. The van der Waals surface area contributed by atoms with E-state index in [-0.39, 0.29) is 11.2 Å². The van der Waals surface area contributed by atoms with Crippen molar-refractivity contribution in [2.24, 2.45) is 4.40 Å². The van der Waals surface area contributed by atoms with Gasteiger partial charge in [0.05, 0.1) is 21.4 Å². The van der Waals surface area contributed by atoms with Crippen molar-refractivity contribution in [2.75, 3.05) is 4.90 Å². The van der Waals surface area contributed by atoms with Crippen LogP contribution in [-0.2, 0) is 24.1 Å². The fourth-order valence-electron chi connectivity index (χ4n) is 3.91. The summed E-state index contributed by atoms with van der Waals surface area (Å²) in [6.45, 7) is 12.0. The number of nitrogens with zero attached hydrogens (tertiary/aromatic N) is 2. The van der Waals surface area contributed by atoms with Gasteiger partial charge in [0.1, 0.15) is 22.4 Å². The van der Waals surface area contributed by atoms with Crippen molar-refractivity contribution in [3.05, 3.63) is 74.2 Å². The maximum absolute atomic E-state index is 13.7. The van der Waals surface area contributed by atoms with E-state index >= 15 is 0 Å². The summed E-state index contributed by atoms with van der Waals surface area (Å²) in [6, 6.07) is 8.45. The van der Waals surface area contributed by atoms with E-state index in [1.807, 2.05) is 44.7 Å². The zero-order valence-electron chi connectivity index (χ0n) is 19.2. The molecule has 0 fully saturated rings. The van der Waals surface area contributed by atoms with Crippen LogP contribution >= 0.6 is 0 Å². The standard InChI is InChI=1S/C25H27FN2O3S/c1-14-9-20(16(3)27-32(30)25(4,5)6)23-21(10-14)22(29)15(2)24(31-23)28-12-17-7-8-19(26)11-18(17)13-28/h7-11H,12-13H2,1-6H3. The van der Waals surface area contributed by atoms with Gasteiger partial charge in [0.2, 0.25) is 5.88 Å². The summed E-state index contributed by atoms with van der Waals surface area (Å²) in [7, 11) is -1.44. The van der Waals surface area contributed by atoms with Crippen LogP contribution in [0.3, 0.4) is 0 Å². The van der Waals surface area contributed by atoms with Crippen molar-refractivity contribution >= 4 is 33.6 Å². The molecule has 1 aromatic heterocycles. The molecule has 1 atom stereocenters. The predicted octanol–water partition coefficient (Wildman–Crippen LogP) is 5.34. The highest BCUT2D eigenvalue weighted by Crippen LogP contribution is 2.33. The van der Waals surface area contributed by atoms with Crippen LogP contribution in [-0.4, -0.2) is 14.7 Å². The number of aryl methyl sites for hydroxylation is 1. The molecular formula is C25H27FN2O3S. The highest BCUT2D eigenvalue weighted by molar-refractivity contribution is 7.85. The first kappa shape index (κ1) is 22.4. The second-order valence-electron chi connectivity index (χ2n) is 9.36. The monoisotopic (exact) mass is 454 g/mol. The Hall–Kier alpha value is -2.80. The molecule has 0 saturated heterocycles. The first-order valence-corrected chi connectivity index (χ1v) is 11.6. The van der Waals surface area contributed by atoms with Gasteiger partial charge in [-0.25, -0.2) is 8.60 Å². The lowest BCUT2D eigenvalue weighted by Crippen LogP contribution is -2.21. The minimum absolute atomic E-state index is 0.113. The summed E-state index contributed by atoms with van der Waals surface area (Å²) in [6.07, 6.45) is 0. The molecule has 1 aliphatic rings. The predicted molar refractivity (Wildman–Crippen MR) is 128 cm³/mol. The van der Waals surface area contributed by atoms with E-state index in [4.69, 9.17) is 4.42 Å². The Morgan fingerprint density at radius 1 is 1.12 bits per heavy atom. The number of hydrogen-bond acceptors (Lipinski definition) is 4. The molecule has 1 aliphatic heterocycles. The van der Waals surface area contributed by atoms with Gasteiger partial charge in [-0.05, 0) is 82.5 Å². The van der Waals surface area contributed by atoms with E-state index in [2.05, 4.69) is 4.40 Å². The number of benzene rings is 2. The minimum atomic E-state index is -1.44.